The molecule has 0 saturated carbocycles. The maximum atomic E-state index is 11.6. The summed E-state index contributed by atoms with van der Waals surface area (Å²) in [7, 11) is 3.84. The molecule has 0 aliphatic heterocycles. The number of nitrogens with zero attached hydrogens (tertiary/aromatic N) is 3. The smallest absolute Gasteiger partial charge is 0.310 e. The number of aromatic amines is 1. The van der Waals surface area contributed by atoms with E-state index in [1.54, 1.807) is 6.92 Å². The van der Waals surface area contributed by atoms with Crippen molar-refractivity contribution in [2.24, 2.45) is 11.3 Å². The summed E-state index contributed by atoms with van der Waals surface area (Å²) in [6, 6.07) is 3.82. The van der Waals surface area contributed by atoms with Crippen molar-refractivity contribution in [1.29, 1.82) is 0 Å². The largest absolute Gasteiger partial charge is 0.481 e. The molecule has 1 atom stereocenters. The van der Waals surface area contributed by atoms with Gasteiger partial charge in [0, 0.05) is 20.5 Å². The van der Waals surface area contributed by atoms with Crippen molar-refractivity contribution >= 4 is 23.0 Å². The summed E-state index contributed by atoms with van der Waals surface area (Å²) in [5.74, 6) is 0.686. The van der Waals surface area contributed by atoms with Gasteiger partial charge in [0.2, 0.25) is 0 Å². The number of anilines is 1. The first kappa shape index (κ1) is 15.3. The van der Waals surface area contributed by atoms with Crippen LogP contribution in [0.1, 0.15) is 26.6 Å². The average Bonchev–Trinajstić information content (AvgIpc) is 2.78. The summed E-state index contributed by atoms with van der Waals surface area (Å²) in [4.78, 5) is 25.5. The van der Waals surface area contributed by atoms with Gasteiger partial charge in [0.15, 0.2) is 5.65 Å². The number of carbonyl (C=O) groups is 1. The lowest BCUT2D eigenvalue weighted by atomic mass is 9.76. The van der Waals surface area contributed by atoms with Crippen molar-refractivity contribution in [1.82, 2.24) is 15.0 Å². The number of H-pyrrole nitrogens is 1. The van der Waals surface area contributed by atoms with Gasteiger partial charge in [0.05, 0.1) is 10.9 Å². The second-order valence-corrected chi connectivity index (χ2v) is 6.17. The summed E-state index contributed by atoms with van der Waals surface area (Å²) in [6.45, 7) is 5.59. The SMILES string of the molecule is CC(C)C(C)(Cc1nc2nc(N(C)C)ccc2[nH]1)C(=O)O. The highest BCUT2D eigenvalue weighted by molar-refractivity contribution is 5.76. The number of fused-ring (bicyclic) bond motifs is 1. The van der Waals surface area contributed by atoms with E-state index in [0.29, 0.717) is 17.9 Å². The first-order valence-electron chi connectivity index (χ1n) is 7.00. The lowest BCUT2D eigenvalue weighted by molar-refractivity contribution is -0.150. The molecule has 0 amide bonds. The van der Waals surface area contributed by atoms with Crippen molar-refractivity contribution in [2.45, 2.75) is 27.2 Å². The molecule has 2 rings (SSSR count). The molecule has 2 heterocycles. The zero-order chi connectivity index (χ0) is 15.8. The lowest BCUT2D eigenvalue weighted by Gasteiger charge is -2.27. The van der Waals surface area contributed by atoms with E-state index in [1.165, 1.54) is 0 Å². The first-order chi connectivity index (χ1) is 9.74. The molecule has 0 fully saturated rings. The maximum Gasteiger partial charge on any atom is 0.310 e. The molecule has 2 aromatic heterocycles. The molecule has 0 saturated heterocycles. The Bertz CT molecular complexity index is 663. The minimum Gasteiger partial charge on any atom is -0.481 e. The fourth-order valence-corrected chi connectivity index (χ4v) is 2.14. The second-order valence-electron chi connectivity index (χ2n) is 6.17. The van der Waals surface area contributed by atoms with E-state index in [9.17, 15) is 9.90 Å². The van der Waals surface area contributed by atoms with E-state index in [1.807, 2.05) is 45.0 Å². The number of carboxylic acids is 1. The molecule has 0 aromatic carbocycles. The number of imidazole rings is 1. The third kappa shape index (κ3) is 2.84. The number of carboxylic acid groups (broad SMARTS) is 1. The minimum absolute atomic E-state index is 0.00788. The molecule has 1 unspecified atom stereocenters. The highest BCUT2D eigenvalue weighted by Crippen LogP contribution is 2.31. The molecular weight excluding hydrogens is 268 g/mol. The number of rotatable bonds is 5. The quantitative estimate of drug-likeness (QED) is 0.883. The Kier molecular flexibility index (Phi) is 3.89. The Morgan fingerprint density at radius 1 is 1.38 bits per heavy atom. The van der Waals surface area contributed by atoms with E-state index in [4.69, 9.17) is 0 Å². The van der Waals surface area contributed by atoms with Crippen LogP contribution in [0.3, 0.4) is 0 Å². The van der Waals surface area contributed by atoms with Crippen LogP contribution in [0.2, 0.25) is 0 Å². The summed E-state index contributed by atoms with van der Waals surface area (Å²) in [6.07, 6.45) is 0.355. The maximum absolute atomic E-state index is 11.6. The van der Waals surface area contributed by atoms with Gasteiger partial charge in [-0.25, -0.2) is 9.97 Å². The van der Waals surface area contributed by atoms with Crippen LogP contribution >= 0.6 is 0 Å². The van der Waals surface area contributed by atoms with Crippen LogP contribution in [0, 0.1) is 11.3 Å². The molecule has 0 bridgehead atoms. The normalized spacial score (nSPS) is 14.4. The van der Waals surface area contributed by atoms with Crippen LogP contribution in [-0.2, 0) is 11.2 Å². The molecule has 0 aliphatic rings. The Balaban J connectivity index is 2.37. The van der Waals surface area contributed by atoms with E-state index >= 15 is 0 Å². The molecule has 0 spiro atoms. The van der Waals surface area contributed by atoms with E-state index in [-0.39, 0.29) is 5.92 Å². The average molecular weight is 290 g/mol. The van der Waals surface area contributed by atoms with Crippen LogP contribution < -0.4 is 4.90 Å². The Morgan fingerprint density at radius 2 is 2.05 bits per heavy atom. The Labute approximate surface area is 124 Å². The summed E-state index contributed by atoms with van der Waals surface area (Å²) in [5.41, 5.74) is 0.595. The number of pyridine rings is 1. The number of hydrogen-bond donors (Lipinski definition) is 2. The predicted octanol–water partition coefficient (Wildman–Crippen LogP) is 2.31. The van der Waals surface area contributed by atoms with Crippen LogP contribution in [0.25, 0.3) is 11.2 Å². The molecule has 0 radical (unpaired) electrons. The third-order valence-electron chi connectivity index (χ3n) is 4.14. The van der Waals surface area contributed by atoms with Crippen molar-refractivity contribution in [3.05, 3.63) is 18.0 Å². The number of aromatic nitrogens is 3. The predicted molar refractivity (Wildman–Crippen MR) is 82.5 cm³/mol. The van der Waals surface area contributed by atoms with Gasteiger partial charge >= 0.3 is 5.97 Å². The molecule has 6 heteroatoms. The first-order valence-corrected chi connectivity index (χ1v) is 7.00. The number of nitrogens with one attached hydrogen (secondary N) is 1. The van der Waals surface area contributed by atoms with Gasteiger partial charge in [-0.1, -0.05) is 13.8 Å². The highest BCUT2D eigenvalue weighted by Gasteiger charge is 2.37. The molecule has 6 nitrogen and oxygen atoms in total. The number of aliphatic carboxylic acids is 1. The van der Waals surface area contributed by atoms with Gasteiger partial charge in [-0.2, -0.15) is 0 Å². The van der Waals surface area contributed by atoms with E-state index < -0.39 is 11.4 Å². The van der Waals surface area contributed by atoms with Crippen LogP contribution in [0.5, 0.6) is 0 Å². The Morgan fingerprint density at radius 3 is 2.57 bits per heavy atom. The zero-order valence-corrected chi connectivity index (χ0v) is 13.1. The van der Waals surface area contributed by atoms with E-state index in [2.05, 4.69) is 15.0 Å². The van der Waals surface area contributed by atoms with Crippen molar-refractivity contribution in [2.75, 3.05) is 19.0 Å². The molecule has 2 N–H and O–H groups in total. The molecule has 114 valence electrons. The zero-order valence-electron chi connectivity index (χ0n) is 13.1. The van der Waals surface area contributed by atoms with Gasteiger partial charge in [-0.3, -0.25) is 4.79 Å². The van der Waals surface area contributed by atoms with Crippen LogP contribution in [-0.4, -0.2) is 40.1 Å². The molecule has 0 aliphatic carbocycles. The molecule has 2 aromatic rings. The minimum atomic E-state index is -0.849. The topological polar surface area (TPSA) is 82.1 Å². The van der Waals surface area contributed by atoms with Crippen LogP contribution in [0.15, 0.2) is 12.1 Å². The van der Waals surface area contributed by atoms with Gasteiger partial charge in [0.1, 0.15) is 11.6 Å². The fraction of sp³-hybridized carbons (Fsp3) is 0.533. The van der Waals surface area contributed by atoms with Crippen molar-refractivity contribution in [3.63, 3.8) is 0 Å². The Hall–Kier alpha value is -2.11. The van der Waals surface area contributed by atoms with Gasteiger partial charge < -0.3 is 15.0 Å². The molecule has 21 heavy (non-hydrogen) atoms. The standard InChI is InChI=1S/C15H22N4O2/c1-9(2)15(3,14(20)21)8-11-16-10-6-7-12(19(4)5)18-13(10)17-11/h6-7,9H,8H2,1-5H3,(H,20,21)(H,16,17,18). The fourth-order valence-electron chi connectivity index (χ4n) is 2.14. The summed E-state index contributed by atoms with van der Waals surface area (Å²) < 4.78 is 0. The van der Waals surface area contributed by atoms with Gasteiger partial charge in [0.25, 0.3) is 0 Å². The molecular formula is C15H22N4O2. The monoisotopic (exact) mass is 290 g/mol. The third-order valence-corrected chi connectivity index (χ3v) is 4.14. The summed E-state index contributed by atoms with van der Waals surface area (Å²) in [5, 5.41) is 9.49. The summed E-state index contributed by atoms with van der Waals surface area (Å²) >= 11 is 0. The highest BCUT2D eigenvalue weighted by atomic mass is 16.4. The van der Waals surface area contributed by atoms with Gasteiger partial charge in [-0.05, 0) is 25.0 Å². The van der Waals surface area contributed by atoms with Crippen LogP contribution in [0.4, 0.5) is 5.82 Å². The second kappa shape index (κ2) is 5.35. The van der Waals surface area contributed by atoms with Crippen molar-refractivity contribution < 1.29 is 9.90 Å². The van der Waals surface area contributed by atoms with E-state index in [0.717, 1.165) is 11.3 Å². The lowest BCUT2D eigenvalue weighted by Crippen LogP contribution is -2.35. The van der Waals surface area contributed by atoms with Crippen molar-refractivity contribution in [3.8, 4) is 0 Å². The number of hydrogen-bond acceptors (Lipinski definition) is 4. The van der Waals surface area contributed by atoms with Gasteiger partial charge in [-0.15, -0.1) is 0 Å².